The molecular formula is C18H24F3N5. The maximum atomic E-state index is 13.1. The number of guanidine groups is 1. The Hall–Kier alpha value is -2.40. The summed E-state index contributed by atoms with van der Waals surface area (Å²) in [6.45, 7) is 3.81. The Morgan fingerprint density at radius 1 is 1.23 bits per heavy atom. The van der Waals surface area contributed by atoms with Crippen molar-refractivity contribution in [1.82, 2.24) is 15.5 Å². The van der Waals surface area contributed by atoms with E-state index in [-0.39, 0.29) is 13.1 Å². The second kappa shape index (κ2) is 8.81. The van der Waals surface area contributed by atoms with Gasteiger partial charge in [-0.15, -0.1) is 6.42 Å². The first kappa shape index (κ1) is 19.9. The summed E-state index contributed by atoms with van der Waals surface area (Å²) in [5.41, 5.74) is 0.734. The zero-order valence-electron chi connectivity index (χ0n) is 15.0. The highest BCUT2D eigenvalue weighted by molar-refractivity contribution is 5.80. The number of terminal acetylenes is 1. The number of hydrogen-bond acceptors (Lipinski definition) is 3. The quantitative estimate of drug-likeness (QED) is 0.484. The standard InChI is InChI=1S/C18H24F3N5/c1-4-7-23-17(22-2)24-13-14-12-15(18(19,20)21)5-6-16(14)26-10-8-25(3)9-11-26/h1,5-6,12H,7-11,13H2,2-3H3,(H2,22,23,24). The summed E-state index contributed by atoms with van der Waals surface area (Å²) in [4.78, 5) is 8.34. The highest BCUT2D eigenvalue weighted by Crippen LogP contribution is 2.33. The molecule has 0 radical (unpaired) electrons. The molecule has 0 spiro atoms. The Bertz CT molecular complexity index is 670. The minimum Gasteiger partial charge on any atom is -0.369 e. The van der Waals surface area contributed by atoms with Gasteiger partial charge in [-0.1, -0.05) is 5.92 Å². The molecule has 0 bridgehead atoms. The molecule has 1 heterocycles. The van der Waals surface area contributed by atoms with Crippen molar-refractivity contribution in [3.63, 3.8) is 0 Å². The molecule has 1 saturated heterocycles. The number of nitrogens with zero attached hydrogens (tertiary/aromatic N) is 3. The molecule has 0 unspecified atom stereocenters. The van der Waals surface area contributed by atoms with E-state index >= 15 is 0 Å². The van der Waals surface area contributed by atoms with E-state index in [1.54, 1.807) is 13.1 Å². The molecule has 0 amide bonds. The SMILES string of the molecule is C#CCNC(=NC)NCc1cc(C(F)(F)F)ccc1N1CCN(C)CC1. The van der Waals surface area contributed by atoms with Gasteiger partial charge in [0, 0.05) is 45.5 Å². The lowest BCUT2D eigenvalue weighted by molar-refractivity contribution is -0.137. The van der Waals surface area contributed by atoms with Crippen LogP contribution in [-0.2, 0) is 12.7 Å². The number of piperazine rings is 1. The monoisotopic (exact) mass is 367 g/mol. The Morgan fingerprint density at radius 3 is 2.50 bits per heavy atom. The lowest BCUT2D eigenvalue weighted by Gasteiger charge is -2.35. The Labute approximate surface area is 152 Å². The van der Waals surface area contributed by atoms with Gasteiger partial charge in [0.15, 0.2) is 5.96 Å². The van der Waals surface area contributed by atoms with E-state index in [1.165, 1.54) is 6.07 Å². The molecule has 0 atom stereocenters. The minimum atomic E-state index is -4.38. The Kier molecular flexibility index (Phi) is 6.75. The van der Waals surface area contributed by atoms with E-state index in [9.17, 15) is 13.2 Å². The van der Waals surface area contributed by atoms with Gasteiger partial charge in [-0.2, -0.15) is 13.2 Å². The summed E-state index contributed by atoms with van der Waals surface area (Å²) in [5.74, 6) is 2.88. The van der Waals surface area contributed by atoms with Crippen LogP contribution in [-0.4, -0.2) is 57.7 Å². The van der Waals surface area contributed by atoms with Crippen molar-refractivity contribution < 1.29 is 13.2 Å². The number of anilines is 1. The molecule has 1 aromatic rings. The molecule has 26 heavy (non-hydrogen) atoms. The molecule has 2 N–H and O–H groups in total. The smallest absolute Gasteiger partial charge is 0.369 e. The summed E-state index contributed by atoms with van der Waals surface area (Å²) in [5, 5.41) is 5.93. The number of halogens is 3. The summed E-state index contributed by atoms with van der Waals surface area (Å²) >= 11 is 0. The maximum Gasteiger partial charge on any atom is 0.416 e. The topological polar surface area (TPSA) is 42.9 Å². The van der Waals surface area contributed by atoms with Gasteiger partial charge in [0.05, 0.1) is 12.1 Å². The molecular weight excluding hydrogens is 343 g/mol. The van der Waals surface area contributed by atoms with Crippen LogP contribution in [0.4, 0.5) is 18.9 Å². The van der Waals surface area contributed by atoms with Gasteiger partial charge in [0.2, 0.25) is 0 Å². The third kappa shape index (κ3) is 5.30. The molecule has 0 saturated carbocycles. The minimum absolute atomic E-state index is 0.218. The maximum absolute atomic E-state index is 13.1. The van der Waals surface area contributed by atoms with Gasteiger partial charge < -0.3 is 20.4 Å². The molecule has 0 aromatic heterocycles. The first-order valence-electron chi connectivity index (χ1n) is 8.36. The van der Waals surface area contributed by atoms with Crippen molar-refractivity contribution in [3.8, 4) is 12.3 Å². The molecule has 2 rings (SSSR count). The zero-order chi connectivity index (χ0) is 19.2. The fourth-order valence-electron chi connectivity index (χ4n) is 2.79. The third-order valence-electron chi connectivity index (χ3n) is 4.28. The van der Waals surface area contributed by atoms with Crippen LogP contribution < -0.4 is 15.5 Å². The van der Waals surface area contributed by atoms with Crippen LogP contribution in [0.25, 0.3) is 0 Å². The lowest BCUT2D eigenvalue weighted by Crippen LogP contribution is -2.45. The lowest BCUT2D eigenvalue weighted by atomic mass is 10.1. The summed E-state index contributed by atoms with van der Waals surface area (Å²) in [6, 6.07) is 3.90. The van der Waals surface area contributed by atoms with Crippen LogP contribution in [0.5, 0.6) is 0 Å². The number of rotatable bonds is 4. The van der Waals surface area contributed by atoms with Crippen LogP contribution >= 0.6 is 0 Å². The number of benzene rings is 1. The van der Waals surface area contributed by atoms with E-state index < -0.39 is 11.7 Å². The third-order valence-corrected chi connectivity index (χ3v) is 4.28. The Balaban J connectivity index is 2.23. The van der Waals surface area contributed by atoms with Crippen LogP contribution in [0.15, 0.2) is 23.2 Å². The normalized spacial score (nSPS) is 16.3. The summed E-state index contributed by atoms with van der Waals surface area (Å²) in [7, 11) is 3.62. The zero-order valence-corrected chi connectivity index (χ0v) is 15.0. The Morgan fingerprint density at radius 2 is 1.92 bits per heavy atom. The van der Waals surface area contributed by atoms with Crippen molar-refractivity contribution in [1.29, 1.82) is 0 Å². The van der Waals surface area contributed by atoms with Crippen LogP contribution in [0.3, 0.4) is 0 Å². The molecule has 5 nitrogen and oxygen atoms in total. The van der Waals surface area contributed by atoms with E-state index in [1.807, 2.05) is 7.05 Å². The van der Waals surface area contributed by atoms with E-state index in [4.69, 9.17) is 6.42 Å². The largest absolute Gasteiger partial charge is 0.416 e. The predicted molar refractivity (Wildman–Crippen MR) is 98.2 cm³/mol. The van der Waals surface area contributed by atoms with Gasteiger partial charge in [0.1, 0.15) is 0 Å². The molecule has 1 fully saturated rings. The van der Waals surface area contributed by atoms with Crippen molar-refractivity contribution in [3.05, 3.63) is 29.3 Å². The number of alkyl halides is 3. The van der Waals surface area contributed by atoms with Crippen LogP contribution in [0.2, 0.25) is 0 Å². The van der Waals surface area contributed by atoms with E-state index in [0.29, 0.717) is 11.5 Å². The first-order chi connectivity index (χ1) is 12.3. The predicted octanol–water partition coefficient (Wildman–Crippen LogP) is 1.76. The number of hydrogen-bond donors (Lipinski definition) is 2. The fourth-order valence-corrected chi connectivity index (χ4v) is 2.79. The van der Waals surface area contributed by atoms with E-state index in [2.05, 4.69) is 31.3 Å². The highest BCUT2D eigenvalue weighted by atomic mass is 19.4. The van der Waals surface area contributed by atoms with Gasteiger partial charge in [0.25, 0.3) is 0 Å². The van der Waals surface area contributed by atoms with Crippen LogP contribution in [0.1, 0.15) is 11.1 Å². The number of likely N-dealkylation sites (N-methyl/N-ethyl adjacent to an activating group) is 1. The number of nitrogens with one attached hydrogen (secondary N) is 2. The van der Waals surface area contributed by atoms with Crippen LogP contribution in [0, 0.1) is 12.3 Å². The highest BCUT2D eigenvalue weighted by Gasteiger charge is 2.31. The molecule has 1 aliphatic rings. The molecule has 0 aliphatic carbocycles. The molecule has 1 aliphatic heterocycles. The van der Waals surface area contributed by atoms with Crippen molar-refractivity contribution in [2.24, 2.45) is 4.99 Å². The average Bonchev–Trinajstić information content (AvgIpc) is 2.62. The van der Waals surface area contributed by atoms with E-state index in [0.717, 1.165) is 37.9 Å². The first-order valence-corrected chi connectivity index (χ1v) is 8.36. The summed E-state index contributed by atoms with van der Waals surface area (Å²) < 4.78 is 39.4. The number of aliphatic imine (C=N–C) groups is 1. The second-order valence-electron chi connectivity index (χ2n) is 6.12. The molecule has 8 heteroatoms. The van der Waals surface area contributed by atoms with Gasteiger partial charge in [-0.25, -0.2) is 0 Å². The van der Waals surface area contributed by atoms with Crippen molar-refractivity contribution in [2.45, 2.75) is 12.7 Å². The second-order valence-corrected chi connectivity index (χ2v) is 6.12. The molecule has 142 valence electrons. The van der Waals surface area contributed by atoms with Crippen molar-refractivity contribution in [2.75, 3.05) is 51.7 Å². The summed E-state index contributed by atoms with van der Waals surface area (Å²) in [6.07, 6.45) is 0.832. The van der Waals surface area contributed by atoms with Gasteiger partial charge in [-0.3, -0.25) is 4.99 Å². The van der Waals surface area contributed by atoms with Gasteiger partial charge >= 0.3 is 6.18 Å². The fraction of sp³-hybridized carbons (Fsp3) is 0.500. The molecule has 1 aromatic carbocycles. The average molecular weight is 367 g/mol. The van der Waals surface area contributed by atoms with Gasteiger partial charge in [-0.05, 0) is 30.8 Å². The van der Waals surface area contributed by atoms with Crippen molar-refractivity contribution >= 4 is 11.6 Å².